The Morgan fingerprint density at radius 3 is 2.48 bits per heavy atom. The lowest BCUT2D eigenvalue weighted by Crippen LogP contribution is -2.49. The summed E-state index contributed by atoms with van der Waals surface area (Å²) in [6.07, 6.45) is -4.54. The van der Waals surface area contributed by atoms with Crippen LogP contribution in [0.1, 0.15) is 35.7 Å². The van der Waals surface area contributed by atoms with Gasteiger partial charge in [0, 0.05) is 11.3 Å². The molecule has 2 rings (SSSR count). The normalized spacial score (nSPS) is 12.2. The van der Waals surface area contributed by atoms with Crippen molar-refractivity contribution in [3.05, 3.63) is 52.2 Å². The number of anilines is 1. The van der Waals surface area contributed by atoms with Crippen LogP contribution in [0.5, 0.6) is 0 Å². The van der Waals surface area contributed by atoms with E-state index in [9.17, 15) is 32.3 Å². The number of hydrogen-bond acceptors (Lipinski definition) is 6. The lowest BCUT2D eigenvalue weighted by Gasteiger charge is -2.30. The third-order valence-corrected chi connectivity index (χ3v) is 6.47. The van der Waals surface area contributed by atoms with Crippen molar-refractivity contribution < 1.29 is 32.3 Å². The molecule has 0 aliphatic carbocycles. The standard InChI is InChI=1S/C22H23F3N2O4S2/c1-14(28)16-4-2-5-17(11-16)27(20(30)10-15-7-9-33-12-15)18(21(26)31)6-3-8-32-13-19(29)22(23,24)25/h2,4-5,7,9,11-12,18H,3,6,8,10,13H2,1H3,(H2,26,31)/t18-/m0/s1. The molecule has 1 aromatic heterocycles. The van der Waals surface area contributed by atoms with Gasteiger partial charge in [-0.15, -0.1) is 0 Å². The number of thioether (sulfide) groups is 1. The van der Waals surface area contributed by atoms with Crippen LogP contribution in [0.4, 0.5) is 18.9 Å². The van der Waals surface area contributed by atoms with Crippen LogP contribution in [0, 0.1) is 0 Å². The average molecular weight is 501 g/mol. The molecule has 6 nitrogen and oxygen atoms in total. The molecule has 1 atom stereocenters. The topological polar surface area (TPSA) is 97.5 Å². The summed E-state index contributed by atoms with van der Waals surface area (Å²) in [5.41, 5.74) is 7.03. The summed E-state index contributed by atoms with van der Waals surface area (Å²) in [6.45, 7) is 1.38. The average Bonchev–Trinajstić information content (AvgIpc) is 3.24. The summed E-state index contributed by atoms with van der Waals surface area (Å²) in [5, 5.41) is 3.62. The lowest BCUT2D eigenvalue weighted by molar-refractivity contribution is -0.167. The van der Waals surface area contributed by atoms with Crippen LogP contribution in [0.2, 0.25) is 0 Å². The van der Waals surface area contributed by atoms with E-state index in [1.165, 1.54) is 29.2 Å². The van der Waals surface area contributed by atoms with Gasteiger partial charge in [0.15, 0.2) is 5.78 Å². The Kier molecular flexibility index (Phi) is 9.66. The maximum Gasteiger partial charge on any atom is 0.450 e. The molecule has 1 heterocycles. The van der Waals surface area contributed by atoms with Gasteiger partial charge in [-0.1, -0.05) is 12.1 Å². The fraction of sp³-hybridized carbons (Fsp3) is 0.364. The number of primary amides is 1. The zero-order chi connectivity index (χ0) is 24.6. The molecule has 0 spiro atoms. The monoisotopic (exact) mass is 500 g/mol. The molecule has 0 aliphatic heterocycles. The van der Waals surface area contributed by atoms with E-state index in [-0.39, 0.29) is 30.8 Å². The lowest BCUT2D eigenvalue weighted by atomic mass is 10.0. The van der Waals surface area contributed by atoms with Gasteiger partial charge in [0.25, 0.3) is 0 Å². The van der Waals surface area contributed by atoms with Crippen molar-refractivity contribution >= 4 is 52.2 Å². The number of amides is 2. The zero-order valence-electron chi connectivity index (χ0n) is 17.8. The Morgan fingerprint density at radius 2 is 1.91 bits per heavy atom. The minimum atomic E-state index is -4.88. The van der Waals surface area contributed by atoms with Gasteiger partial charge in [-0.25, -0.2) is 0 Å². The second-order valence-corrected chi connectivity index (χ2v) is 9.10. The molecule has 2 amide bonds. The number of ketones is 2. The second-order valence-electron chi connectivity index (χ2n) is 7.21. The summed E-state index contributed by atoms with van der Waals surface area (Å²) >= 11 is 2.22. The number of nitrogens with two attached hydrogens (primary N) is 1. The van der Waals surface area contributed by atoms with E-state index in [0.717, 1.165) is 17.3 Å². The van der Waals surface area contributed by atoms with E-state index in [1.807, 2.05) is 5.38 Å². The van der Waals surface area contributed by atoms with Crippen molar-refractivity contribution in [3.8, 4) is 0 Å². The fourth-order valence-corrected chi connectivity index (χ4v) is 4.58. The van der Waals surface area contributed by atoms with Crippen molar-refractivity contribution in [2.24, 2.45) is 5.73 Å². The highest BCUT2D eigenvalue weighted by Gasteiger charge is 2.37. The molecule has 178 valence electrons. The number of nitrogens with zero attached hydrogens (tertiary/aromatic N) is 1. The van der Waals surface area contributed by atoms with Crippen LogP contribution in [-0.4, -0.2) is 47.1 Å². The SMILES string of the molecule is CC(=O)c1cccc(N(C(=O)Cc2ccsc2)[C@@H](CCCSCC(=O)C(F)(F)F)C(N)=O)c1. The predicted molar refractivity (Wildman–Crippen MR) is 123 cm³/mol. The largest absolute Gasteiger partial charge is 0.450 e. The summed E-state index contributed by atoms with van der Waals surface area (Å²) in [7, 11) is 0. The highest BCUT2D eigenvalue weighted by molar-refractivity contribution is 7.99. The van der Waals surface area contributed by atoms with Crippen LogP contribution in [0.15, 0.2) is 41.1 Å². The van der Waals surface area contributed by atoms with Gasteiger partial charge >= 0.3 is 6.18 Å². The molecule has 33 heavy (non-hydrogen) atoms. The van der Waals surface area contributed by atoms with E-state index < -0.39 is 35.6 Å². The summed E-state index contributed by atoms with van der Waals surface area (Å²) in [5.74, 6) is -3.77. The second kappa shape index (κ2) is 12.0. The highest BCUT2D eigenvalue weighted by Crippen LogP contribution is 2.25. The van der Waals surface area contributed by atoms with Gasteiger partial charge in [-0.2, -0.15) is 36.3 Å². The summed E-state index contributed by atoms with van der Waals surface area (Å²) in [6, 6.07) is 6.97. The van der Waals surface area contributed by atoms with Gasteiger partial charge in [0.2, 0.25) is 17.6 Å². The highest BCUT2D eigenvalue weighted by atomic mass is 32.2. The van der Waals surface area contributed by atoms with Gasteiger partial charge in [-0.05, 0) is 60.0 Å². The van der Waals surface area contributed by atoms with Crippen molar-refractivity contribution in [1.29, 1.82) is 0 Å². The fourth-order valence-electron chi connectivity index (χ4n) is 3.05. The minimum absolute atomic E-state index is 0.00636. The molecule has 0 aliphatic rings. The first-order valence-electron chi connectivity index (χ1n) is 9.92. The first kappa shape index (κ1) is 26.6. The molecule has 2 aromatic rings. The predicted octanol–water partition coefficient (Wildman–Crippen LogP) is 4.03. The Hall–Kier alpha value is -2.66. The number of carbonyl (C=O) groups excluding carboxylic acids is 4. The van der Waals surface area contributed by atoms with Crippen molar-refractivity contribution in [2.75, 3.05) is 16.4 Å². The molecule has 0 bridgehead atoms. The van der Waals surface area contributed by atoms with Crippen LogP contribution in [0.25, 0.3) is 0 Å². The van der Waals surface area contributed by atoms with Crippen LogP contribution < -0.4 is 10.6 Å². The number of alkyl halides is 3. The van der Waals surface area contributed by atoms with Crippen molar-refractivity contribution in [1.82, 2.24) is 0 Å². The number of hydrogen-bond donors (Lipinski definition) is 1. The number of benzene rings is 1. The Balaban J connectivity index is 2.19. The van der Waals surface area contributed by atoms with Crippen molar-refractivity contribution in [2.45, 2.75) is 38.4 Å². The molecule has 2 N–H and O–H groups in total. The van der Waals surface area contributed by atoms with Gasteiger partial charge in [0.1, 0.15) is 6.04 Å². The van der Waals surface area contributed by atoms with E-state index in [1.54, 1.807) is 29.6 Å². The van der Waals surface area contributed by atoms with E-state index >= 15 is 0 Å². The van der Waals surface area contributed by atoms with E-state index in [0.29, 0.717) is 11.3 Å². The third-order valence-electron chi connectivity index (χ3n) is 4.69. The number of rotatable bonds is 12. The summed E-state index contributed by atoms with van der Waals surface area (Å²) < 4.78 is 37.0. The Labute approximate surface area is 197 Å². The van der Waals surface area contributed by atoms with Crippen LogP contribution >= 0.6 is 23.1 Å². The Morgan fingerprint density at radius 1 is 1.18 bits per heavy atom. The van der Waals surface area contributed by atoms with E-state index in [4.69, 9.17) is 5.73 Å². The molecule has 0 radical (unpaired) electrons. The third kappa shape index (κ3) is 8.01. The van der Waals surface area contributed by atoms with Crippen molar-refractivity contribution in [3.63, 3.8) is 0 Å². The maximum absolute atomic E-state index is 13.2. The van der Waals surface area contributed by atoms with Gasteiger partial charge in [0.05, 0.1) is 12.2 Å². The van der Waals surface area contributed by atoms with Crippen LogP contribution in [-0.2, 0) is 20.8 Å². The molecule has 0 fully saturated rings. The zero-order valence-corrected chi connectivity index (χ0v) is 19.4. The number of thiophene rings is 1. The molecular formula is C22H23F3N2O4S2. The first-order chi connectivity index (χ1) is 15.5. The maximum atomic E-state index is 13.2. The molecular weight excluding hydrogens is 477 g/mol. The number of halogens is 3. The Bertz CT molecular complexity index is 994. The van der Waals surface area contributed by atoms with E-state index in [2.05, 4.69) is 0 Å². The molecule has 0 unspecified atom stereocenters. The quantitative estimate of drug-likeness (QED) is 0.351. The molecule has 11 heteroatoms. The van der Waals surface area contributed by atoms with Gasteiger partial charge in [-0.3, -0.25) is 24.1 Å². The van der Waals surface area contributed by atoms with Crippen LogP contribution in [0.3, 0.4) is 0 Å². The minimum Gasteiger partial charge on any atom is -0.368 e. The number of carbonyl (C=O) groups is 4. The number of Topliss-reactive ketones (excluding diaryl/α,β-unsaturated/α-hetero) is 2. The van der Waals surface area contributed by atoms with Gasteiger partial charge < -0.3 is 5.73 Å². The molecule has 0 saturated carbocycles. The smallest absolute Gasteiger partial charge is 0.368 e. The summed E-state index contributed by atoms with van der Waals surface area (Å²) in [4.78, 5) is 49.5. The molecule has 0 saturated heterocycles. The molecule has 1 aromatic carbocycles. The first-order valence-corrected chi connectivity index (χ1v) is 12.0.